The largest absolute Gasteiger partial charge is 0.454 e. The molecule has 1 aromatic heterocycles. The van der Waals surface area contributed by atoms with E-state index in [1.165, 1.54) is 23.1 Å². The van der Waals surface area contributed by atoms with E-state index >= 15 is 0 Å². The number of amides is 1. The molecule has 0 unspecified atom stereocenters. The van der Waals surface area contributed by atoms with Crippen LogP contribution in [-0.4, -0.2) is 48.4 Å². The molecule has 2 heterocycles. The van der Waals surface area contributed by atoms with Crippen molar-refractivity contribution < 1.29 is 19.0 Å². The number of hydrogen-bond donors (Lipinski definition) is 2. The molecule has 3 rings (SSSR count). The van der Waals surface area contributed by atoms with Crippen molar-refractivity contribution in [1.29, 1.82) is 0 Å². The molecule has 0 aliphatic carbocycles. The molecule has 0 fully saturated rings. The Morgan fingerprint density at radius 1 is 1.38 bits per heavy atom. The Morgan fingerprint density at radius 3 is 3.08 bits per heavy atom. The molecule has 1 aliphatic rings. The van der Waals surface area contributed by atoms with Crippen molar-refractivity contribution in [2.75, 3.05) is 32.4 Å². The van der Waals surface area contributed by atoms with Crippen LogP contribution >= 0.6 is 23.1 Å². The Labute approximate surface area is 159 Å². The molecule has 140 valence electrons. The molecule has 1 amide bonds. The molecular weight excluding hydrogens is 376 g/mol. The highest BCUT2D eigenvalue weighted by Crippen LogP contribution is 2.32. The third kappa shape index (κ3) is 4.99. The van der Waals surface area contributed by atoms with E-state index in [2.05, 4.69) is 20.8 Å². The minimum Gasteiger partial charge on any atom is -0.454 e. The molecule has 8 nitrogen and oxygen atoms in total. The zero-order chi connectivity index (χ0) is 18.4. The molecule has 0 radical (unpaired) electrons. The predicted octanol–water partition coefficient (Wildman–Crippen LogP) is 2.12. The van der Waals surface area contributed by atoms with Crippen molar-refractivity contribution in [3.63, 3.8) is 0 Å². The zero-order valence-corrected chi connectivity index (χ0v) is 16.1. The SMILES string of the molecule is COCCNc1nnc(S[C@H](C)C(=O)NCc2ccc3c(c2)OCO3)s1. The maximum Gasteiger partial charge on any atom is 0.233 e. The van der Waals surface area contributed by atoms with Crippen LogP contribution in [0.1, 0.15) is 12.5 Å². The monoisotopic (exact) mass is 396 g/mol. The van der Waals surface area contributed by atoms with Crippen LogP contribution in [0.4, 0.5) is 5.13 Å². The highest BCUT2D eigenvalue weighted by Gasteiger charge is 2.18. The summed E-state index contributed by atoms with van der Waals surface area (Å²) in [5.41, 5.74) is 0.959. The average molecular weight is 396 g/mol. The van der Waals surface area contributed by atoms with Crippen molar-refractivity contribution in [2.45, 2.75) is 23.1 Å². The van der Waals surface area contributed by atoms with Gasteiger partial charge in [-0.25, -0.2) is 0 Å². The van der Waals surface area contributed by atoms with Crippen LogP contribution in [0.5, 0.6) is 11.5 Å². The maximum absolute atomic E-state index is 12.3. The number of carbonyl (C=O) groups excluding carboxylic acids is 1. The number of benzene rings is 1. The molecular formula is C16H20N4O4S2. The van der Waals surface area contributed by atoms with Crippen LogP contribution < -0.4 is 20.1 Å². The molecule has 1 atom stereocenters. The Kier molecular flexibility index (Phi) is 6.53. The lowest BCUT2D eigenvalue weighted by Gasteiger charge is -2.10. The molecule has 0 saturated heterocycles. The number of nitrogens with zero attached hydrogens (tertiary/aromatic N) is 2. The number of carbonyl (C=O) groups is 1. The van der Waals surface area contributed by atoms with Crippen molar-refractivity contribution in [3.8, 4) is 11.5 Å². The van der Waals surface area contributed by atoms with Gasteiger partial charge in [-0.05, 0) is 24.6 Å². The first-order chi connectivity index (χ1) is 12.7. The van der Waals surface area contributed by atoms with Gasteiger partial charge in [-0.3, -0.25) is 4.79 Å². The number of nitrogens with one attached hydrogen (secondary N) is 2. The summed E-state index contributed by atoms with van der Waals surface area (Å²) >= 11 is 2.80. The minimum atomic E-state index is -0.274. The van der Waals surface area contributed by atoms with Gasteiger partial charge in [0.25, 0.3) is 0 Å². The van der Waals surface area contributed by atoms with Gasteiger partial charge >= 0.3 is 0 Å². The second-order valence-corrected chi connectivity index (χ2v) is 8.02. The first-order valence-electron chi connectivity index (χ1n) is 8.05. The van der Waals surface area contributed by atoms with Crippen LogP contribution in [-0.2, 0) is 16.1 Å². The lowest BCUT2D eigenvalue weighted by atomic mass is 10.2. The topological polar surface area (TPSA) is 94.6 Å². The molecule has 26 heavy (non-hydrogen) atoms. The Hall–Kier alpha value is -2.04. The van der Waals surface area contributed by atoms with Gasteiger partial charge in [0.15, 0.2) is 15.8 Å². The Morgan fingerprint density at radius 2 is 2.23 bits per heavy atom. The summed E-state index contributed by atoms with van der Waals surface area (Å²) in [6, 6.07) is 5.64. The van der Waals surface area contributed by atoms with E-state index in [9.17, 15) is 4.79 Å². The fourth-order valence-electron chi connectivity index (χ4n) is 2.18. The number of hydrogen-bond acceptors (Lipinski definition) is 9. The number of aromatic nitrogens is 2. The number of fused-ring (bicyclic) bond motifs is 1. The number of ether oxygens (including phenoxy) is 3. The fraction of sp³-hybridized carbons (Fsp3) is 0.438. The maximum atomic E-state index is 12.3. The van der Waals surface area contributed by atoms with E-state index in [0.717, 1.165) is 20.8 Å². The Bertz CT molecular complexity index is 756. The van der Waals surface area contributed by atoms with E-state index in [1.54, 1.807) is 7.11 Å². The highest BCUT2D eigenvalue weighted by molar-refractivity contribution is 8.02. The summed E-state index contributed by atoms with van der Waals surface area (Å²) < 4.78 is 16.3. The van der Waals surface area contributed by atoms with Crippen LogP contribution in [0.25, 0.3) is 0 Å². The number of anilines is 1. The lowest BCUT2D eigenvalue weighted by Crippen LogP contribution is -2.30. The number of methoxy groups -OCH3 is 1. The van der Waals surface area contributed by atoms with Gasteiger partial charge in [-0.15, -0.1) is 10.2 Å². The van der Waals surface area contributed by atoms with E-state index in [4.69, 9.17) is 14.2 Å². The zero-order valence-electron chi connectivity index (χ0n) is 14.5. The second-order valence-electron chi connectivity index (χ2n) is 5.46. The molecule has 2 aromatic rings. The molecule has 0 spiro atoms. The summed E-state index contributed by atoms with van der Waals surface area (Å²) in [6.45, 7) is 3.78. The van der Waals surface area contributed by atoms with E-state index in [-0.39, 0.29) is 18.0 Å². The van der Waals surface area contributed by atoms with Crippen LogP contribution in [0.15, 0.2) is 22.5 Å². The molecule has 1 aliphatic heterocycles. The standard InChI is InChI=1S/C16H20N4O4S2/c1-10(25-16-20-19-15(26-16)17-5-6-22-2)14(21)18-8-11-3-4-12-13(7-11)24-9-23-12/h3-4,7,10H,5-6,8-9H2,1-2H3,(H,17,19)(H,18,21)/t10-/m1/s1. The normalized spacial score (nSPS) is 13.5. The summed E-state index contributed by atoms with van der Waals surface area (Å²) in [5.74, 6) is 1.38. The first kappa shape index (κ1) is 18.7. The van der Waals surface area contributed by atoms with Gasteiger partial charge in [-0.1, -0.05) is 29.2 Å². The van der Waals surface area contributed by atoms with Crippen molar-refractivity contribution in [1.82, 2.24) is 15.5 Å². The third-order valence-electron chi connectivity index (χ3n) is 3.54. The summed E-state index contributed by atoms with van der Waals surface area (Å²) in [5, 5.41) is 14.6. The van der Waals surface area contributed by atoms with Crippen molar-refractivity contribution in [3.05, 3.63) is 23.8 Å². The smallest absolute Gasteiger partial charge is 0.233 e. The van der Waals surface area contributed by atoms with Crippen molar-refractivity contribution >= 4 is 34.1 Å². The second kappa shape index (κ2) is 9.06. The molecule has 0 bridgehead atoms. The van der Waals surface area contributed by atoms with Gasteiger partial charge in [-0.2, -0.15) is 0 Å². The predicted molar refractivity (Wildman–Crippen MR) is 100 cm³/mol. The van der Waals surface area contributed by atoms with Crippen LogP contribution in [0.2, 0.25) is 0 Å². The number of thioether (sulfide) groups is 1. The van der Waals surface area contributed by atoms with E-state index in [1.807, 2.05) is 25.1 Å². The summed E-state index contributed by atoms with van der Waals surface area (Å²) in [7, 11) is 1.65. The van der Waals surface area contributed by atoms with E-state index < -0.39 is 0 Å². The fourth-order valence-corrected chi connectivity index (χ4v) is 4.12. The first-order valence-corrected chi connectivity index (χ1v) is 9.74. The average Bonchev–Trinajstić information content (AvgIpc) is 3.28. The molecule has 1 aromatic carbocycles. The molecule has 0 saturated carbocycles. The van der Waals surface area contributed by atoms with E-state index in [0.29, 0.717) is 25.4 Å². The van der Waals surface area contributed by atoms with Gasteiger partial charge in [0.05, 0.1) is 11.9 Å². The molecule has 10 heteroatoms. The van der Waals surface area contributed by atoms with Crippen LogP contribution in [0, 0.1) is 0 Å². The molecule has 2 N–H and O–H groups in total. The quantitative estimate of drug-likeness (QED) is 0.492. The van der Waals surface area contributed by atoms with Gasteiger partial charge in [0.1, 0.15) is 0 Å². The Balaban J connectivity index is 1.45. The highest BCUT2D eigenvalue weighted by atomic mass is 32.2. The van der Waals surface area contributed by atoms with Gasteiger partial charge in [0, 0.05) is 20.2 Å². The van der Waals surface area contributed by atoms with Gasteiger partial charge in [0.2, 0.25) is 17.8 Å². The third-order valence-corrected chi connectivity index (χ3v) is 5.60. The summed E-state index contributed by atoms with van der Waals surface area (Å²) in [4.78, 5) is 12.3. The van der Waals surface area contributed by atoms with Crippen LogP contribution in [0.3, 0.4) is 0 Å². The minimum absolute atomic E-state index is 0.0586. The lowest BCUT2D eigenvalue weighted by molar-refractivity contribution is -0.120. The van der Waals surface area contributed by atoms with Crippen molar-refractivity contribution in [2.24, 2.45) is 0 Å². The van der Waals surface area contributed by atoms with Gasteiger partial charge < -0.3 is 24.8 Å². The number of rotatable bonds is 9. The summed E-state index contributed by atoms with van der Waals surface area (Å²) in [6.07, 6.45) is 0.